The van der Waals surface area contributed by atoms with Gasteiger partial charge < -0.3 is 25.1 Å². The lowest BCUT2D eigenvalue weighted by Crippen LogP contribution is -2.30. The minimum atomic E-state index is -0.273. The number of aromatic amines is 1. The standard InChI is InChI=1S/C23H22N4O4/c1-24-23(29)15-7-11(22(28)27-19-17-8-30-9-18(17)19)6-14-16(10-31-20(14)15)12-2-4-25-21-13(12)3-5-26-21/h2-7,16-19H,8-10H2,1H3,(H,24,29)(H,25,26)(H,27,28)/t16?,17-,18+,19+. The van der Waals surface area contributed by atoms with Gasteiger partial charge in [0.15, 0.2) is 0 Å². The maximum atomic E-state index is 13.1. The van der Waals surface area contributed by atoms with Crippen LogP contribution in [-0.2, 0) is 4.74 Å². The topological polar surface area (TPSA) is 105 Å². The Hall–Kier alpha value is -3.39. The molecular weight excluding hydrogens is 396 g/mol. The first-order valence-corrected chi connectivity index (χ1v) is 10.5. The van der Waals surface area contributed by atoms with E-state index in [1.807, 2.05) is 24.4 Å². The number of hydrogen-bond acceptors (Lipinski definition) is 5. The van der Waals surface area contributed by atoms with Crippen LogP contribution in [0.25, 0.3) is 11.0 Å². The van der Waals surface area contributed by atoms with Crippen molar-refractivity contribution in [3.63, 3.8) is 0 Å². The van der Waals surface area contributed by atoms with Crippen LogP contribution in [0.5, 0.6) is 5.75 Å². The number of carbonyl (C=O) groups is 2. The number of hydrogen-bond donors (Lipinski definition) is 3. The average molecular weight is 418 g/mol. The summed E-state index contributed by atoms with van der Waals surface area (Å²) in [6, 6.07) is 7.60. The average Bonchev–Trinajstić information content (AvgIpc) is 3.29. The van der Waals surface area contributed by atoms with Gasteiger partial charge in [-0.05, 0) is 29.8 Å². The van der Waals surface area contributed by atoms with Crippen molar-refractivity contribution in [1.29, 1.82) is 0 Å². The third-order valence-electron chi connectivity index (χ3n) is 6.74. The van der Waals surface area contributed by atoms with Crippen molar-refractivity contribution in [2.24, 2.45) is 11.8 Å². The van der Waals surface area contributed by atoms with Crippen LogP contribution in [0, 0.1) is 11.8 Å². The Bertz CT molecular complexity index is 1210. The molecule has 1 saturated heterocycles. The molecule has 2 aliphatic heterocycles. The van der Waals surface area contributed by atoms with Gasteiger partial charge in [-0.1, -0.05) is 0 Å². The molecule has 1 aliphatic carbocycles. The lowest BCUT2D eigenvalue weighted by molar-refractivity contribution is 0.0929. The molecule has 0 radical (unpaired) electrons. The number of fused-ring (bicyclic) bond motifs is 3. The minimum absolute atomic E-state index is 0.0961. The van der Waals surface area contributed by atoms with Crippen LogP contribution in [0.4, 0.5) is 0 Å². The third-order valence-corrected chi connectivity index (χ3v) is 6.74. The Labute approximate surface area is 178 Å². The van der Waals surface area contributed by atoms with Crippen LogP contribution < -0.4 is 15.4 Å². The van der Waals surface area contributed by atoms with E-state index in [1.165, 1.54) is 0 Å². The molecule has 3 aromatic rings. The number of benzene rings is 1. The quantitative estimate of drug-likeness (QED) is 0.600. The highest BCUT2D eigenvalue weighted by Gasteiger charge is 2.54. The summed E-state index contributed by atoms with van der Waals surface area (Å²) >= 11 is 0. The largest absolute Gasteiger partial charge is 0.491 e. The zero-order chi connectivity index (χ0) is 21.1. The predicted molar refractivity (Wildman–Crippen MR) is 112 cm³/mol. The summed E-state index contributed by atoms with van der Waals surface area (Å²) in [5.41, 5.74) is 3.55. The van der Waals surface area contributed by atoms with Crippen molar-refractivity contribution in [1.82, 2.24) is 20.6 Å². The molecule has 158 valence electrons. The fourth-order valence-electron chi connectivity index (χ4n) is 4.99. The van der Waals surface area contributed by atoms with Crippen LogP contribution in [0.3, 0.4) is 0 Å². The highest BCUT2D eigenvalue weighted by Crippen LogP contribution is 2.45. The van der Waals surface area contributed by atoms with Crippen molar-refractivity contribution in [2.45, 2.75) is 12.0 Å². The second-order valence-corrected chi connectivity index (χ2v) is 8.39. The number of amides is 2. The van der Waals surface area contributed by atoms with E-state index in [0.29, 0.717) is 48.5 Å². The zero-order valence-corrected chi connectivity index (χ0v) is 17.0. The predicted octanol–water partition coefficient (Wildman–Crippen LogP) is 1.82. The number of nitrogens with one attached hydrogen (secondary N) is 3. The van der Waals surface area contributed by atoms with Gasteiger partial charge in [0.05, 0.1) is 25.4 Å². The van der Waals surface area contributed by atoms with Crippen molar-refractivity contribution in [3.05, 3.63) is 58.9 Å². The third kappa shape index (κ3) is 2.82. The van der Waals surface area contributed by atoms with E-state index < -0.39 is 0 Å². The summed E-state index contributed by atoms with van der Waals surface area (Å²) in [5, 5.41) is 6.79. The Balaban J connectivity index is 1.40. The van der Waals surface area contributed by atoms with E-state index in [9.17, 15) is 9.59 Å². The van der Waals surface area contributed by atoms with Crippen LogP contribution in [0.15, 0.2) is 36.7 Å². The van der Waals surface area contributed by atoms with E-state index in [4.69, 9.17) is 9.47 Å². The molecule has 8 nitrogen and oxygen atoms in total. The molecule has 8 heteroatoms. The molecule has 2 aromatic heterocycles. The molecule has 3 N–H and O–H groups in total. The zero-order valence-electron chi connectivity index (χ0n) is 17.0. The number of ether oxygens (including phenoxy) is 2. The number of carbonyl (C=O) groups excluding carboxylic acids is 2. The monoisotopic (exact) mass is 418 g/mol. The highest BCUT2D eigenvalue weighted by atomic mass is 16.5. The Morgan fingerprint density at radius 2 is 1.94 bits per heavy atom. The number of pyridine rings is 1. The number of nitrogens with zero attached hydrogens (tertiary/aromatic N) is 1. The number of H-pyrrole nitrogens is 1. The number of aromatic nitrogens is 2. The lowest BCUT2D eigenvalue weighted by Gasteiger charge is -2.14. The van der Waals surface area contributed by atoms with Gasteiger partial charge in [-0.2, -0.15) is 0 Å². The lowest BCUT2D eigenvalue weighted by atomic mass is 9.89. The van der Waals surface area contributed by atoms with Gasteiger partial charge >= 0.3 is 0 Å². The maximum Gasteiger partial charge on any atom is 0.254 e. The van der Waals surface area contributed by atoms with Gasteiger partial charge in [0.25, 0.3) is 11.8 Å². The van der Waals surface area contributed by atoms with Crippen molar-refractivity contribution < 1.29 is 19.1 Å². The molecule has 0 bridgehead atoms. The Morgan fingerprint density at radius 1 is 1.10 bits per heavy atom. The normalized spacial score (nSPS) is 25.6. The second-order valence-electron chi connectivity index (χ2n) is 8.39. The van der Waals surface area contributed by atoms with E-state index in [2.05, 4.69) is 20.6 Å². The SMILES string of the molecule is CNC(=O)c1cc(C(=O)N[C@H]2[C@@H]3COC[C@@H]32)cc2c1OCC2c1ccnc2[nH]ccc12. The van der Waals surface area contributed by atoms with E-state index in [0.717, 1.165) is 22.2 Å². The summed E-state index contributed by atoms with van der Waals surface area (Å²) in [7, 11) is 1.57. The molecule has 2 amide bonds. The van der Waals surface area contributed by atoms with Crippen LogP contribution in [0.2, 0.25) is 0 Å². The van der Waals surface area contributed by atoms with Gasteiger partial charge in [0.2, 0.25) is 0 Å². The maximum absolute atomic E-state index is 13.1. The molecule has 4 heterocycles. The minimum Gasteiger partial charge on any atom is -0.491 e. The summed E-state index contributed by atoms with van der Waals surface area (Å²) in [4.78, 5) is 33.2. The molecule has 0 spiro atoms. The molecular formula is C23H22N4O4. The van der Waals surface area contributed by atoms with Gasteiger partial charge in [0.1, 0.15) is 11.4 Å². The molecule has 1 saturated carbocycles. The van der Waals surface area contributed by atoms with Gasteiger partial charge in [-0.3, -0.25) is 9.59 Å². The van der Waals surface area contributed by atoms with Crippen LogP contribution >= 0.6 is 0 Å². The summed E-state index contributed by atoms with van der Waals surface area (Å²) in [6.07, 6.45) is 3.62. The first-order valence-electron chi connectivity index (χ1n) is 10.5. The Kier molecular flexibility index (Phi) is 4.04. The van der Waals surface area contributed by atoms with Gasteiger partial charge in [0, 0.05) is 59.8 Å². The molecule has 2 fully saturated rings. The summed E-state index contributed by atoms with van der Waals surface area (Å²) < 4.78 is 11.4. The first-order chi connectivity index (χ1) is 15.2. The summed E-state index contributed by atoms with van der Waals surface area (Å²) in [5.74, 6) is 0.821. The highest BCUT2D eigenvalue weighted by molar-refractivity contribution is 6.02. The van der Waals surface area contributed by atoms with E-state index in [-0.39, 0.29) is 23.8 Å². The van der Waals surface area contributed by atoms with Gasteiger partial charge in [-0.25, -0.2) is 4.98 Å². The van der Waals surface area contributed by atoms with Gasteiger partial charge in [-0.15, -0.1) is 0 Å². The molecule has 6 rings (SSSR count). The Morgan fingerprint density at radius 3 is 2.74 bits per heavy atom. The summed E-state index contributed by atoms with van der Waals surface area (Å²) in [6.45, 7) is 1.81. The van der Waals surface area contributed by atoms with E-state index >= 15 is 0 Å². The first kappa shape index (κ1) is 18.4. The fourth-order valence-corrected chi connectivity index (χ4v) is 4.99. The molecule has 1 aromatic carbocycles. The number of rotatable bonds is 4. The molecule has 4 atom stereocenters. The van der Waals surface area contributed by atoms with Crippen molar-refractivity contribution in [3.8, 4) is 5.75 Å². The van der Waals surface area contributed by atoms with Crippen LogP contribution in [0.1, 0.15) is 37.8 Å². The second kappa shape index (κ2) is 6.81. The molecule has 3 aliphatic rings. The molecule has 1 unspecified atom stereocenters. The fraction of sp³-hybridized carbons (Fsp3) is 0.348. The van der Waals surface area contributed by atoms with Crippen molar-refractivity contribution in [2.75, 3.05) is 26.9 Å². The van der Waals surface area contributed by atoms with E-state index in [1.54, 1.807) is 19.3 Å². The van der Waals surface area contributed by atoms with Crippen LogP contribution in [-0.4, -0.2) is 54.7 Å². The van der Waals surface area contributed by atoms with Crippen molar-refractivity contribution >= 4 is 22.8 Å². The smallest absolute Gasteiger partial charge is 0.254 e. The molecule has 31 heavy (non-hydrogen) atoms.